The van der Waals surface area contributed by atoms with Gasteiger partial charge in [-0.2, -0.15) is 0 Å². The summed E-state index contributed by atoms with van der Waals surface area (Å²) in [4.78, 5) is 48.6. The number of carbonyl (C=O) groups is 2. The molecule has 0 aliphatic carbocycles. The second-order valence-electron chi connectivity index (χ2n) is 8.40. The molecule has 0 saturated heterocycles. The van der Waals surface area contributed by atoms with Gasteiger partial charge in [-0.15, -0.1) is 0 Å². The zero-order valence-corrected chi connectivity index (χ0v) is 19.4. The highest BCUT2D eigenvalue weighted by Gasteiger charge is 2.13. The maximum atomic E-state index is 12.6. The van der Waals surface area contributed by atoms with Gasteiger partial charge in [0.2, 0.25) is 5.91 Å². The van der Waals surface area contributed by atoms with Crippen molar-refractivity contribution >= 4 is 17.5 Å². The first-order valence-corrected chi connectivity index (χ1v) is 10.9. The molecule has 0 aliphatic rings. The maximum absolute atomic E-state index is 12.6. The summed E-state index contributed by atoms with van der Waals surface area (Å²) in [6.45, 7) is 8.27. The van der Waals surface area contributed by atoms with Gasteiger partial charge in [-0.3, -0.25) is 19.4 Å². The van der Waals surface area contributed by atoms with E-state index in [4.69, 9.17) is 0 Å². The number of benzene rings is 1. The van der Waals surface area contributed by atoms with Crippen molar-refractivity contribution in [3.05, 3.63) is 75.5 Å². The molecule has 0 atom stereocenters. The van der Waals surface area contributed by atoms with Gasteiger partial charge in [0.05, 0.1) is 0 Å². The number of amides is 2. The topological polar surface area (TPSA) is 117 Å². The molecule has 1 aromatic carbocycles. The Balaban J connectivity index is 1.62. The number of hydrogen-bond donors (Lipinski definition) is 3. The van der Waals surface area contributed by atoms with Crippen molar-refractivity contribution in [3.63, 3.8) is 0 Å². The van der Waals surface area contributed by atoms with Crippen molar-refractivity contribution in [3.8, 4) is 11.4 Å². The molecule has 0 bridgehead atoms. The molecule has 0 unspecified atom stereocenters. The van der Waals surface area contributed by atoms with E-state index >= 15 is 0 Å². The number of aromatic nitrogens is 3. The van der Waals surface area contributed by atoms with E-state index in [2.05, 4.69) is 25.6 Å². The van der Waals surface area contributed by atoms with Crippen LogP contribution < -0.4 is 16.2 Å². The highest BCUT2D eigenvalue weighted by molar-refractivity contribution is 5.96. The molecule has 8 heteroatoms. The molecule has 2 heterocycles. The minimum absolute atomic E-state index is 0.135. The van der Waals surface area contributed by atoms with Gasteiger partial charge in [-0.05, 0) is 62.1 Å². The van der Waals surface area contributed by atoms with E-state index in [0.29, 0.717) is 40.8 Å². The van der Waals surface area contributed by atoms with E-state index < -0.39 is 0 Å². The minimum Gasteiger partial charge on any atom is -0.352 e. The van der Waals surface area contributed by atoms with Gasteiger partial charge in [-0.1, -0.05) is 13.8 Å². The number of rotatable bonds is 8. The van der Waals surface area contributed by atoms with Crippen LogP contribution in [-0.2, 0) is 11.2 Å². The van der Waals surface area contributed by atoms with Crippen LogP contribution in [0.15, 0.2) is 47.5 Å². The van der Waals surface area contributed by atoms with Crippen LogP contribution in [0.25, 0.3) is 11.4 Å². The largest absolute Gasteiger partial charge is 0.352 e. The van der Waals surface area contributed by atoms with Crippen molar-refractivity contribution in [2.45, 2.75) is 40.5 Å². The van der Waals surface area contributed by atoms with E-state index in [9.17, 15) is 14.4 Å². The molecule has 3 rings (SSSR count). The Bertz CT molecular complexity index is 1200. The van der Waals surface area contributed by atoms with Crippen LogP contribution in [0.5, 0.6) is 0 Å². The molecule has 3 aromatic rings. The summed E-state index contributed by atoms with van der Waals surface area (Å²) in [5, 5.41) is 5.74. The van der Waals surface area contributed by atoms with Crippen LogP contribution in [0.4, 0.5) is 5.69 Å². The fraction of sp³-hybridized carbons (Fsp3) is 0.320. The van der Waals surface area contributed by atoms with Crippen LogP contribution in [0.3, 0.4) is 0 Å². The van der Waals surface area contributed by atoms with Crippen molar-refractivity contribution in [2.75, 3.05) is 11.9 Å². The standard InChI is InChI=1S/C25H29N5O3/c1-15(2)14-27-24(32)19-5-7-21(16(3)13-19)29-22(31)8-6-20-17(4)28-23(30-25(20)33)18-9-11-26-12-10-18/h5,7,9-13,15H,6,8,14H2,1-4H3,(H,27,32)(H,29,31)(H,28,30,33). The van der Waals surface area contributed by atoms with Gasteiger partial charge in [0.25, 0.3) is 11.5 Å². The molecule has 3 N–H and O–H groups in total. The third-order valence-corrected chi connectivity index (χ3v) is 5.21. The van der Waals surface area contributed by atoms with Gasteiger partial charge in [0.15, 0.2) is 0 Å². The minimum atomic E-state index is -0.255. The number of H-pyrrole nitrogens is 1. The number of pyridine rings is 1. The molecule has 0 saturated carbocycles. The van der Waals surface area contributed by atoms with E-state index in [0.717, 1.165) is 11.1 Å². The van der Waals surface area contributed by atoms with Crippen LogP contribution >= 0.6 is 0 Å². The van der Waals surface area contributed by atoms with Crippen LogP contribution in [0.2, 0.25) is 0 Å². The predicted octanol–water partition coefficient (Wildman–Crippen LogP) is 3.41. The molecule has 0 radical (unpaired) electrons. The molecule has 2 aromatic heterocycles. The Kier molecular flexibility index (Phi) is 7.71. The fourth-order valence-electron chi connectivity index (χ4n) is 3.35. The van der Waals surface area contributed by atoms with Crippen molar-refractivity contribution in [1.29, 1.82) is 0 Å². The smallest absolute Gasteiger partial charge is 0.254 e. The first kappa shape index (κ1) is 23.8. The van der Waals surface area contributed by atoms with Gasteiger partial charge < -0.3 is 15.6 Å². The molecule has 0 spiro atoms. The Hall–Kier alpha value is -3.81. The number of nitrogens with one attached hydrogen (secondary N) is 3. The summed E-state index contributed by atoms with van der Waals surface area (Å²) in [6.07, 6.45) is 3.67. The lowest BCUT2D eigenvalue weighted by atomic mass is 10.1. The van der Waals surface area contributed by atoms with Crippen molar-refractivity contribution in [1.82, 2.24) is 20.3 Å². The number of anilines is 1. The highest BCUT2D eigenvalue weighted by Crippen LogP contribution is 2.18. The van der Waals surface area contributed by atoms with Crippen molar-refractivity contribution in [2.24, 2.45) is 5.92 Å². The summed E-state index contributed by atoms with van der Waals surface area (Å²) in [7, 11) is 0. The van der Waals surface area contributed by atoms with Crippen LogP contribution in [0.1, 0.15) is 47.4 Å². The zero-order chi connectivity index (χ0) is 24.0. The van der Waals surface area contributed by atoms with Crippen LogP contribution in [-0.4, -0.2) is 33.3 Å². The van der Waals surface area contributed by atoms with Gasteiger partial charge >= 0.3 is 0 Å². The first-order valence-electron chi connectivity index (χ1n) is 10.9. The van der Waals surface area contributed by atoms with E-state index in [1.807, 2.05) is 20.8 Å². The van der Waals surface area contributed by atoms with Crippen molar-refractivity contribution < 1.29 is 9.59 Å². The average molecular weight is 448 g/mol. The third-order valence-electron chi connectivity index (χ3n) is 5.21. The Morgan fingerprint density at radius 1 is 1.09 bits per heavy atom. The molecule has 172 valence electrons. The van der Waals surface area contributed by atoms with Gasteiger partial charge in [-0.25, -0.2) is 4.98 Å². The summed E-state index contributed by atoms with van der Waals surface area (Å²) < 4.78 is 0. The zero-order valence-electron chi connectivity index (χ0n) is 19.4. The summed E-state index contributed by atoms with van der Waals surface area (Å²) >= 11 is 0. The highest BCUT2D eigenvalue weighted by atomic mass is 16.2. The lowest BCUT2D eigenvalue weighted by Crippen LogP contribution is -2.27. The number of carbonyl (C=O) groups excluding carboxylic acids is 2. The number of hydrogen-bond acceptors (Lipinski definition) is 5. The number of aromatic amines is 1. The Labute approximate surface area is 192 Å². The molecule has 0 aliphatic heterocycles. The third kappa shape index (κ3) is 6.35. The summed E-state index contributed by atoms with van der Waals surface area (Å²) in [5.41, 5.74) is 3.56. The Morgan fingerprint density at radius 3 is 2.45 bits per heavy atom. The molecule has 2 amide bonds. The quantitative estimate of drug-likeness (QED) is 0.489. The summed E-state index contributed by atoms with van der Waals surface area (Å²) in [6, 6.07) is 8.70. The lowest BCUT2D eigenvalue weighted by Gasteiger charge is -2.12. The van der Waals surface area contributed by atoms with Gasteiger partial charge in [0.1, 0.15) is 5.82 Å². The normalized spacial score (nSPS) is 10.8. The predicted molar refractivity (Wildman–Crippen MR) is 128 cm³/mol. The maximum Gasteiger partial charge on any atom is 0.254 e. The molecular weight excluding hydrogens is 418 g/mol. The summed E-state index contributed by atoms with van der Waals surface area (Å²) in [5.74, 6) is 0.488. The fourth-order valence-corrected chi connectivity index (χ4v) is 3.35. The lowest BCUT2D eigenvalue weighted by molar-refractivity contribution is -0.116. The number of aryl methyl sites for hydroxylation is 2. The first-order chi connectivity index (χ1) is 15.7. The molecular formula is C25H29N5O3. The second kappa shape index (κ2) is 10.7. The molecule has 33 heavy (non-hydrogen) atoms. The molecule has 0 fully saturated rings. The van der Waals surface area contributed by atoms with Gasteiger partial charge in [0, 0.05) is 53.4 Å². The average Bonchev–Trinajstić information content (AvgIpc) is 2.78. The van der Waals surface area contributed by atoms with Crippen LogP contribution in [0, 0.1) is 19.8 Å². The second-order valence-corrected chi connectivity index (χ2v) is 8.40. The van der Waals surface area contributed by atoms with E-state index in [1.165, 1.54) is 0 Å². The van der Waals surface area contributed by atoms with E-state index in [1.54, 1.807) is 49.6 Å². The monoisotopic (exact) mass is 447 g/mol. The SMILES string of the molecule is Cc1cc(C(=O)NCC(C)C)ccc1NC(=O)CCc1c(C)nc(-c2ccncc2)[nH]c1=O. The Morgan fingerprint density at radius 2 is 1.82 bits per heavy atom. The number of nitrogens with zero attached hydrogens (tertiary/aromatic N) is 2. The van der Waals surface area contributed by atoms with E-state index in [-0.39, 0.29) is 30.2 Å². The molecule has 8 nitrogen and oxygen atoms in total.